The van der Waals surface area contributed by atoms with Gasteiger partial charge in [0, 0.05) is 63.9 Å². The number of allylic oxidation sites excluding steroid dienone is 1. The molecule has 1 saturated carbocycles. The minimum atomic E-state index is 0. The molecular weight excluding hydrogens is 1170 g/mol. The third-order valence-electron chi connectivity index (χ3n) is 14.5. The van der Waals surface area contributed by atoms with Gasteiger partial charge in [0.05, 0.1) is 0 Å². The van der Waals surface area contributed by atoms with Crippen molar-refractivity contribution in [3.8, 4) is 0 Å². The molecule has 5 aromatic rings. The van der Waals surface area contributed by atoms with Crippen LogP contribution in [0.4, 0.5) is 0 Å². The number of halogens is 4. The van der Waals surface area contributed by atoms with E-state index in [9.17, 15) is 9.59 Å². The molecule has 5 aromatic carbocycles. The summed E-state index contributed by atoms with van der Waals surface area (Å²) in [7, 11) is 1.00. The van der Waals surface area contributed by atoms with E-state index < -0.39 is 0 Å². The van der Waals surface area contributed by atoms with Crippen LogP contribution in [0.5, 0.6) is 0 Å². The van der Waals surface area contributed by atoms with Crippen LogP contribution in [0.3, 0.4) is 0 Å². The van der Waals surface area contributed by atoms with E-state index in [1.54, 1.807) is 29.2 Å². The number of fused-ring (bicyclic) bond motifs is 5. The molecule has 4 nitrogen and oxygen atoms in total. The number of hydrogen-bond donors (Lipinski definition) is 2. The molecule has 0 bridgehead atoms. The molecule has 10 heteroatoms. The third-order valence-corrected chi connectivity index (χ3v) is 16.5. The van der Waals surface area contributed by atoms with Crippen LogP contribution in [0.1, 0.15) is 168 Å². The van der Waals surface area contributed by atoms with Crippen molar-refractivity contribution >= 4 is 89.8 Å². The van der Waals surface area contributed by atoms with E-state index in [-0.39, 0.29) is 60.0 Å². The standard InChI is InChI=1S/C15H20BrN.C13H16O.C11H13Br.C11H11Br.C10H9BrO.CH4O.2CH4.B.Na.H/c16-13-7-5-12-10-15(8-6-11(12)9-13)17-14-3-1-2-4-14;1-9-3-4-13-8-11(10(2)14)5-6-12(13)7-9;2*1-8-2-3-10-7-11(12)5-4-9(10)6-8;11-9-3-1-8-6-10(12)4-2-7(8)5-9;1-2;;;;;/h5,7,9,14-15,17H,1-4,6,8,10H2;5-6,8-9H,3-4,7H2,1-2H3;4-5,7-8H,2-3,6H2,1H3;4-7H,2-3H2,1H3;1,3,5H,2,4,6H2;2H,1H3;2*1H4;;;/q;;;;;;;;;+1;-1. The van der Waals surface area contributed by atoms with E-state index >= 15 is 0 Å². The normalized spacial score (nSPS) is 18.5. The number of aliphatic hydroxyl groups is 1. The Hall–Kier alpha value is -1.92. The summed E-state index contributed by atoms with van der Waals surface area (Å²) in [6.45, 7) is 8.46. The van der Waals surface area contributed by atoms with Crippen molar-refractivity contribution in [3.63, 3.8) is 0 Å². The van der Waals surface area contributed by atoms with Crippen LogP contribution < -0.4 is 34.9 Å². The Balaban J connectivity index is 0.000000454. The number of ketones is 2. The molecule has 3 unspecified atom stereocenters. The van der Waals surface area contributed by atoms with Crippen LogP contribution in [0, 0.1) is 11.8 Å². The summed E-state index contributed by atoms with van der Waals surface area (Å²) in [6, 6.07) is 33.8. The molecule has 6 aliphatic carbocycles. The van der Waals surface area contributed by atoms with Crippen LogP contribution in [0.25, 0.3) is 6.08 Å². The van der Waals surface area contributed by atoms with Crippen molar-refractivity contribution < 1.29 is 45.7 Å². The summed E-state index contributed by atoms with van der Waals surface area (Å²) >= 11 is 14.0. The third kappa shape index (κ3) is 21.4. The second-order valence-electron chi connectivity index (χ2n) is 20.1. The molecule has 1 fully saturated rings. The Kier molecular flexibility index (Phi) is 31.4. The molecule has 0 spiro atoms. The maximum absolute atomic E-state index is 11.2. The predicted octanol–water partition coefficient (Wildman–Crippen LogP) is 14.3. The molecule has 0 amide bonds. The molecule has 3 atom stereocenters. The summed E-state index contributed by atoms with van der Waals surface area (Å²) in [6.07, 6.45) is 23.8. The Labute approximate surface area is 500 Å². The van der Waals surface area contributed by atoms with Gasteiger partial charge < -0.3 is 11.8 Å². The first kappa shape index (κ1) is 67.2. The number of aryl methyl sites for hydroxylation is 5. The van der Waals surface area contributed by atoms with Crippen LogP contribution in [0.2, 0.25) is 0 Å². The zero-order valence-electron chi connectivity index (χ0n) is 44.1. The van der Waals surface area contributed by atoms with Gasteiger partial charge in [0.1, 0.15) is 5.78 Å². The van der Waals surface area contributed by atoms with E-state index in [0.717, 1.165) is 47.9 Å². The molecule has 11 rings (SSSR count). The molecule has 0 heterocycles. The zero-order chi connectivity index (χ0) is 49.5. The molecular formula is C63H82BBr4NNaO3. The van der Waals surface area contributed by atoms with Crippen LogP contribution in [-0.4, -0.2) is 44.3 Å². The molecule has 0 aliphatic heterocycles. The van der Waals surface area contributed by atoms with Crippen molar-refractivity contribution in [2.24, 2.45) is 11.8 Å². The Morgan fingerprint density at radius 2 is 0.973 bits per heavy atom. The summed E-state index contributed by atoms with van der Waals surface area (Å²) in [5.74, 6) is 2.21. The first-order valence-corrected chi connectivity index (χ1v) is 28.5. The van der Waals surface area contributed by atoms with Gasteiger partial charge in [-0.15, -0.1) is 0 Å². The van der Waals surface area contributed by atoms with Crippen LogP contribution >= 0.6 is 63.7 Å². The predicted molar refractivity (Wildman–Crippen MR) is 324 cm³/mol. The molecule has 389 valence electrons. The number of rotatable bonds is 3. The number of carbonyl (C=O) groups excluding carboxylic acids is 2. The molecule has 6 aliphatic rings. The van der Waals surface area contributed by atoms with E-state index in [4.69, 9.17) is 5.11 Å². The van der Waals surface area contributed by atoms with Crippen molar-refractivity contribution in [2.75, 3.05) is 7.11 Å². The summed E-state index contributed by atoms with van der Waals surface area (Å²) in [5.41, 5.74) is 16.8. The van der Waals surface area contributed by atoms with Crippen LogP contribution in [0.15, 0.2) is 114 Å². The SMILES string of the molecule is Brc1ccc2c(c1)CCC(NC1CCCC1)C2.C.C.CC(=O)c1ccc2c(c1)CCC(C)C2.CC1=Cc2ccc(Br)cc2CC1.CC1CCc2cc(Br)ccc2C1.CO.O=C1CCc2cc(Br)ccc2C1.[B].[H-].[Na+]. The Bertz CT molecular complexity index is 2560. The molecule has 2 N–H and O–H groups in total. The van der Waals surface area contributed by atoms with Gasteiger partial charge >= 0.3 is 29.6 Å². The largest absolute Gasteiger partial charge is 1.00 e. The monoisotopic (exact) mass is 1250 g/mol. The maximum atomic E-state index is 11.2. The van der Waals surface area contributed by atoms with Gasteiger partial charge in [0.15, 0.2) is 5.78 Å². The van der Waals surface area contributed by atoms with Gasteiger partial charge in [-0.2, -0.15) is 0 Å². The fourth-order valence-corrected chi connectivity index (χ4v) is 12.2. The average Bonchev–Trinajstić information content (AvgIpc) is 3.86. The number of nitrogens with one attached hydrogen (secondary N) is 1. The number of Topliss-reactive ketones (excluding diaryl/α,β-unsaturated/α-hetero) is 2. The second-order valence-corrected chi connectivity index (χ2v) is 23.8. The van der Waals surface area contributed by atoms with E-state index in [1.807, 2.05) is 18.2 Å². The van der Waals surface area contributed by atoms with Crippen molar-refractivity contribution in [1.29, 1.82) is 0 Å². The Morgan fingerprint density at radius 3 is 1.52 bits per heavy atom. The average molecular weight is 1250 g/mol. The van der Waals surface area contributed by atoms with E-state index in [1.165, 1.54) is 142 Å². The molecule has 73 heavy (non-hydrogen) atoms. The van der Waals surface area contributed by atoms with E-state index in [0.29, 0.717) is 24.7 Å². The summed E-state index contributed by atoms with van der Waals surface area (Å²) < 4.78 is 4.74. The van der Waals surface area contributed by atoms with Gasteiger partial charge in [0.25, 0.3) is 0 Å². The summed E-state index contributed by atoms with van der Waals surface area (Å²) in [5, 5.41) is 10.9. The topological polar surface area (TPSA) is 66.4 Å². The number of benzene rings is 5. The Morgan fingerprint density at radius 1 is 0.534 bits per heavy atom. The fourth-order valence-electron chi connectivity index (χ4n) is 10.5. The van der Waals surface area contributed by atoms with Gasteiger partial charge in [-0.3, -0.25) is 9.59 Å². The quantitative estimate of drug-likeness (QED) is 0.140. The first-order valence-electron chi connectivity index (χ1n) is 25.4. The van der Waals surface area contributed by atoms with Crippen molar-refractivity contribution in [3.05, 3.63) is 176 Å². The van der Waals surface area contributed by atoms with E-state index in [2.05, 4.69) is 169 Å². The molecule has 0 aromatic heterocycles. The number of carbonyl (C=O) groups is 2. The van der Waals surface area contributed by atoms with Gasteiger partial charge in [0.2, 0.25) is 0 Å². The minimum Gasteiger partial charge on any atom is -1.00 e. The smallest absolute Gasteiger partial charge is 1.00 e. The van der Waals surface area contributed by atoms with Gasteiger partial charge in [-0.25, -0.2) is 0 Å². The van der Waals surface area contributed by atoms with Gasteiger partial charge in [-0.1, -0.05) is 153 Å². The maximum Gasteiger partial charge on any atom is 1.00 e. The molecule has 3 radical (unpaired) electrons. The van der Waals surface area contributed by atoms with Gasteiger partial charge in [-0.05, 0) is 226 Å². The minimum absolute atomic E-state index is 0. The summed E-state index contributed by atoms with van der Waals surface area (Å²) in [4.78, 5) is 22.3. The van der Waals surface area contributed by atoms with Crippen molar-refractivity contribution in [2.45, 2.75) is 170 Å². The zero-order valence-corrected chi connectivity index (χ0v) is 51.5. The number of hydrogen-bond acceptors (Lipinski definition) is 4. The first-order chi connectivity index (χ1) is 33.2. The van der Waals surface area contributed by atoms with Crippen molar-refractivity contribution in [1.82, 2.24) is 5.32 Å². The van der Waals surface area contributed by atoms with Crippen LogP contribution in [-0.2, 0) is 62.6 Å². The number of aliphatic hydroxyl groups excluding tert-OH is 1. The second kappa shape index (κ2) is 34.1. The fraction of sp³-hybridized carbons (Fsp3) is 0.460. The molecule has 0 saturated heterocycles.